The van der Waals surface area contributed by atoms with E-state index in [1.54, 1.807) is 0 Å². The maximum absolute atomic E-state index is 4.79. The summed E-state index contributed by atoms with van der Waals surface area (Å²) in [6, 6.07) is 4.22. The average molecular weight is 318 g/mol. The highest BCUT2D eigenvalue weighted by atomic mass is 15.3. The van der Waals surface area contributed by atoms with Gasteiger partial charge >= 0.3 is 0 Å². The van der Waals surface area contributed by atoms with Crippen LogP contribution >= 0.6 is 0 Å². The van der Waals surface area contributed by atoms with Gasteiger partial charge in [0.05, 0.1) is 17.1 Å². The summed E-state index contributed by atoms with van der Waals surface area (Å²) < 4.78 is 3.99. The average Bonchev–Trinajstić information content (AvgIpc) is 3.04. The maximum Gasteiger partial charge on any atom is 0.177 e. The second-order valence-electron chi connectivity index (χ2n) is 6.77. The number of pyridine rings is 1. The number of aryl methyl sites for hydroxylation is 3. The number of hydrogen-bond donors (Lipinski definition) is 0. The SMILES string of the molecule is Cc1ccn2cc([C@@H]3C[C@H]3c3nc4c(C)ncc(C)n4n3)nc2c1. The zero-order valence-corrected chi connectivity index (χ0v) is 13.9. The minimum atomic E-state index is 0.356. The van der Waals surface area contributed by atoms with Gasteiger partial charge in [-0.1, -0.05) is 0 Å². The minimum absolute atomic E-state index is 0.356. The first kappa shape index (κ1) is 13.7. The molecule has 0 bridgehead atoms. The highest BCUT2D eigenvalue weighted by Crippen LogP contribution is 2.53. The molecule has 1 fully saturated rings. The van der Waals surface area contributed by atoms with Gasteiger partial charge in [0.2, 0.25) is 0 Å². The third kappa shape index (κ3) is 1.95. The molecule has 0 saturated heterocycles. The first-order valence-corrected chi connectivity index (χ1v) is 8.24. The molecule has 4 aromatic heterocycles. The van der Waals surface area contributed by atoms with E-state index in [2.05, 4.69) is 40.8 Å². The van der Waals surface area contributed by atoms with E-state index in [9.17, 15) is 0 Å². The van der Waals surface area contributed by atoms with Crippen molar-refractivity contribution in [3.8, 4) is 0 Å². The third-order valence-corrected chi connectivity index (χ3v) is 4.86. The monoisotopic (exact) mass is 318 g/mol. The summed E-state index contributed by atoms with van der Waals surface area (Å²) in [6.45, 7) is 6.07. The second kappa shape index (κ2) is 4.63. The molecule has 0 amide bonds. The first-order chi connectivity index (χ1) is 11.6. The molecule has 2 atom stereocenters. The van der Waals surface area contributed by atoms with Crippen molar-refractivity contribution < 1.29 is 0 Å². The van der Waals surface area contributed by atoms with E-state index in [1.807, 2.05) is 24.6 Å². The summed E-state index contributed by atoms with van der Waals surface area (Å²) in [5, 5.41) is 4.71. The Morgan fingerprint density at radius 1 is 1.12 bits per heavy atom. The summed E-state index contributed by atoms with van der Waals surface area (Å²) in [5.74, 6) is 1.68. The van der Waals surface area contributed by atoms with Crippen molar-refractivity contribution in [2.45, 2.75) is 39.0 Å². The van der Waals surface area contributed by atoms with Crippen LogP contribution in [-0.4, -0.2) is 29.0 Å². The molecule has 4 heterocycles. The summed E-state index contributed by atoms with van der Waals surface area (Å²) in [4.78, 5) is 13.9. The van der Waals surface area contributed by atoms with Gasteiger partial charge in [-0.15, -0.1) is 0 Å². The normalized spacial score (nSPS) is 20.1. The quantitative estimate of drug-likeness (QED) is 0.570. The van der Waals surface area contributed by atoms with E-state index < -0.39 is 0 Å². The minimum Gasteiger partial charge on any atom is -0.307 e. The lowest BCUT2D eigenvalue weighted by molar-refractivity contribution is 0.829. The zero-order chi connectivity index (χ0) is 16.4. The molecule has 6 heteroatoms. The van der Waals surface area contributed by atoms with Crippen molar-refractivity contribution in [2.24, 2.45) is 0 Å². The standard InChI is InChI=1S/C18H18N6/c1-10-4-5-23-9-15(20-16(23)6-10)13-7-14(13)17-21-18-12(3)19-8-11(2)24(18)22-17/h4-6,8-9,13-14H,7H2,1-3H3/t13-,14-/m1/s1. The third-order valence-electron chi connectivity index (χ3n) is 4.86. The number of rotatable bonds is 2. The van der Waals surface area contributed by atoms with E-state index >= 15 is 0 Å². The molecule has 6 nitrogen and oxygen atoms in total. The van der Waals surface area contributed by atoms with E-state index in [0.717, 1.165) is 40.6 Å². The number of nitrogens with zero attached hydrogens (tertiary/aromatic N) is 6. The van der Waals surface area contributed by atoms with Crippen molar-refractivity contribution >= 4 is 11.3 Å². The fourth-order valence-corrected chi connectivity index (χ4v) is 3.36. The molecule has 0 unspecified atom stereocenters. The van der Waals surface area contributed by atoms with E-state index in [0.29, 0.717) is 11.8 Å². The van der Waals surface area contributed by atoms with Crippen molar-refractivity contribution in [3.63, 3.8) is 0 Å². The topological polar surface area (TPSA) is 60.4 Å². The lowest BCUT2D eigenvalue weighted by atomic mass is 10.2. The van der Waals surface area contributed by atoms with Crippen LogP contribution in [0.3, 0.4) is 0 Å². The van der Waals surface area contributed by atoms with Gasteiger partial charge in [0, 0.05) is 30.4 Å². The molecule has 0 radical (unpaired) electrons. The molecule has 0 spiro atoms. The zero-order valence-electron chi connectivity index (χ0n) is 13.9. The lowest BCUT2D eigenvalue weighted by Crippen LogP contribution is -1.97. The Morgan fingerprint density at radius 2 is 2.00 bits per heavy atom. The summed E-state index contributed by atoms with van der Waals surface area (Å²) in [5.41, 5.74) is 6.16. The van der Waals surface area contributed by atoms with Crippen LogP contribution in [0.2, 0.25) is 0 Å². The predicted molar refractivity (Wildman–Crippen MR) is 90.3 cm³/mol. The molecule has 5 rings (SSSR count). The number of hydrogen-bond acceptors (Lipinski definition) is 4. The van der Waals surface area contributed by atoms with Crippen molar-refractivity contribution in [3.05, 3.63) is 59.2 Å². The highest BCUT2D eigenvalue weighted by Gasteiger charge is 2.44. The Kier molecular flexibility index (Phi) is 2.63. The van der Waals surface area contributed by atoms with Crippen LogP contribution in [0.4, 0.5) is 0 Å². The Balaban J connectivity index is 1.51. The van der Waals surface area contributed by atoms with Crippen LogP contribution in [-0.2, 0) is 0 Å². The number of imidazole rings is 1. The smallest absolute Gasteiger partial charge is 0.177 e. The molecule has 1 aliphatic carbocycles. The number of fused-ring (bicyclic) bond motifs is 2. The van der Waals surface area contributed by atoms with Gasteiger partial charge in [0.15, 0.2) is 11.5 Å². The fraction of sp³-hybridized carbons (Fsp3) is 0.333. The molecule has 1 saturated carbocycles. The van der Waals surface area contributed by atoms with Crippen LogP contribution in [0.25, 0.3) is 11.3 Å². The van der Waals surface area contributed by atoms with Gasteiger partial charge in [-0.3, -0.25) is 4.98 Å². The molecule has 4 aromatic rings. The van der Waals surface area contributed by atoms with E-state index in [-0.39, 0.29) is 0 Å². The fourth-order valence-electron chi connectivity index (χ4n) is 3.36. The Bertz CT molecular complexity index is 1050. The van der Waals surface area contributed by atoms with Crippen LogP contribution in [0.15, 0.2) is 30.7 Å². The first-order valence-electron chi connectivity index (χ1n) is 8.24. The molecule has 0 N–H and O–H groups in total. The van der Waals surface area contributed by atoms with Gasteiger partial charge in [0.25, 0.3) is 0 Å². The molecule has 0 aliphatic heterocycles. The van der Waals surface area contributed by atoms with E-state index in [4.69, 9.17) is 15.1 Å². The molecular formula is C18H18N6. The van der Waals surface area contributed by atoms with Crippen LogP contribution in [0.5, 0.6) is 0 Å². The Hall–Kier alpha value is -2.76. The van der Waals surface area contributed by atoms with Gasteiger partial charge in [-0.2, -0.15) is 5.10 Å². The lowest BCUT2D eigenvalue weighted by Gasteiger charge is -1.97. The molecular weight excluding hydrogens is 300 g/mol. The molecule has 1 aliphatic rings. The van der Waals surface area contributed by atoms with Crippen LogP contribution in [0.1, 0.15) is 46.7 Å². The van der Waals surface area contributed by atoms with Crippen LogP contribution < -0.4 is 0 Å². The maximum atomic E-state index is 4.79. The van der Waals surface area contributed by atoms with Gasteiger partial charge in [0.1, 0.15) is 5.65 Å². The Morgan fingerprint density at radius 3 is 2.83 bits per heavy atom. The highest BCUT2D eigenvalue weighted by molar-refractivity contribution is 5.46. The van der Waals surface area contributed by atoms with Gasteiger partial charge in [-0.25, -0.2) is 14.5 Å². The summed E-state index contributed by atoms with van der Waals surface area (Å²) in [6.07, 6.45) is 7.11. The Labute approximate surface area is 139 Å². The van der Waals surface area contributed by atoms with Crippen molar-refractivity contribution in [2.75, 3.05) is 0 Å². The van der Waals surface area contributed by atoms with Crippen molar-refractivity contribution in [1.29, 1.82) is 0 Å². The number of aromatic nitrogens is 6. The largest absolute Gasteiger partial charge is 0.307 e. The summed E-state index contributed by atoms with van der Waals surface area (Å²) in [7, 11) is 0. The second-order valence-corrected chi connectivity index (χ2v) is 6.77. The molecule has 24 heavy (non-hydrogen) atoms. The predicted octanol–water partition coefficient (Wildman–Crippen LogP) is 2.97. The van der Waals surface area contributed by atoms with Crippen LogP contribution in [0, 0.1) is 20.8 Å². The van der Waals surface area contributed by atoms with E-state index in [1.165, 1.54) is 5.56 Å². The molecule has 120 valence electrons. The van der Waals surface area contributed by atoms with Gasteiger partial charge in [-0.05, 0) is 44.9 Å². The van der Waals surface area contributed by atoms with Crippen molar-refractivity contribution in [1.82, 2.24) is 29.0 Å². The molecule has 0 aromatic carbocycles. The van der Waals surface area contributed by atoms with Gasteiger partial charge < -0.3 is 4.40 Å². The summed E-state index contributed by atoms with van der Waals surface area (Å²) >= 11 is 0.